The van der Waals surface area contributed by atoms with Crippen molar-refractivity contribution in [2.75, 3.05) is 11.9 Å². The molecule has 0 bridgehead atoms. The second-order valence-corrected chi connectivity index (χ2v) is 7.50. The van der Waals surface area contributed by atoms with Crippen molar-refractivity contribution in [2.45, 2.75) is 44.7 Å². The molecule has 2 atom stereocenters. The van der Waals surface area contributed by atoms with Crippen molar-refractivity contribution < 1.29 is 14.3 Å². The van der Waals surface area contributed by atoms with Crippen LogP contribution in [0.25, 0.3) is 0 Å². The summed E-state index contributed by atoms with van der Waals surface area (Å²) in [5, 5.41) is 5.86. The Hall–Kier alpha value is -2.86. The summed E-state index contributed by atoms with van der Waals surface area (Å²) in [6.45, 7) is 0.984. The molecule has 1 aliphatic rings. The molecule has 0 heterocycles. The third kappa shape index (κ3) is 6.91. The highest BCUT2D eigenvalue weighted by molar-refractivity contribution is 5.90. The van der Waals surface area contributed by atoms with Gasteiger partial charge in [0.2, 0.25) is 11.8 Å². The number of amides is 2. The molecule has 0 aliphatic heterocycles. The Labute approximate surface area is 171 Å². The van der Waals surface area contributed by atoms with Crippen LogP contribution in [0.4, 0.5) is 5.69 Å². The van der Waals surface area contributed by atoms with E-state index < -0.39 is 0 Å². The Bertz CT molecular complexity index is 793. The first-order valence-corrected chi connectivity index (χ1v) is 10.2. The summed E-state index contributed by atoms with van der Waals surface area (Å²) in [5.74, 6) is 0.883. The van der Waals surface area contributed by atoms with E-state index in [0.717, 1.165) is 36.3 Å². The Balaban J connectivity index is 1.34. The summed E-state index contributed by atoms with van der Waals surface area (Å²) in [4.78, 5) is 24.2. The first-order chi connectivity index (χ1) is 14.1. The van der Waals surface area contributed by atoms with Gasteiger partial charge in [0.25, 0.3) is 0 Å². The molecule has 1 aliphatic carbocycles. The van der Waals surface area contributed by atoms with Gasteiger partial charge >= 0.3 is 0 Å². The molecule has 1 fully saturated rings. The van der Waals surface area contributed by atoms with E-state index in [9.17, 15) is 9.59 Å². The van der Waals surface area contributed by atoms with E-state index in [0.29, 0.717) is 26.0 Å². The van der Waals surface area contributed by atoms with Crippen molar-refractivity contribution in [1.82, 2.24) is 5.32 Å². The summed E-state index contributed by atoms with van der Waals surface area (Å²) < 4.78 is 5.59. The van der Waals surface area contributed by atoms with Crippen LogP contribution < -0.4 is 21.1 Å². The van der Waals surface area contributed by atoms with Crippen LogP contribution in [-0.4, -0.2) is 24.5 Å². The summed E-state index contributed by atoms with van der Waals surface area (Å²) in [5.41, 5.74) is 7.61. The van der Waals surface area contributed by atoms with E-state index in [1.54, 1.807) is 0 Å². The average Bonchev–Trinajstić information content (AvgIpc) is 3.18. The molecule has 0 saturated heterocycles. The third-order valence-electron chi connectivity index (χ3n) is 5.11. The van der Waals surface area contributed by atoms with Crippen molar-refractivity contribution in [3.63, 3.8) is 0 Å². The molecule has 29 heavy (non-hydrogen) atoms. The SMILES string of the molecule is NC1CCC(C(=O)NCc2ccc(NC(=O)CCCOc3ccccc3)cc2)C1. The van der Waals surface area contributed by atoms with Gasteiger partial charge in [0.05, 0.1) is 6.61 Å². The first kappa shape index (κ1) is 20.9. The fraction of sp³-hybridized carbons (Fsp3) is 0.391. The fourth-order valence-corrected chi connectivity index (χ4v) is 3.46. The molecule has 154 valence electrons. The summed E-state index contributed by atoms with van der Waals surface area (Å²) >= 11 is 0. The maximum absolute atomic E-state index is 12.2. The number of carbonyl (C=O) groups excluding carboxylic acids is 2. The largest absolute Gasteiger partial charge is 0.494 e. The number of ether oxygens (including phenoxy) is 1. The van der Waals surface area contributed by atoms with Crippen LogP contribution in [0, 0.1) is 5.92 Å². The maximum atomic E-state index is 12.2. The molecule has 0 aromatic heterocycles. The standard InChI is InChI=1S/C23H29N3O3/c24-19-11-10-18(15-19)23(28)25-16-17-8-12-20(13-9-17)26-22(27)7-4-14-29-21-5-2-1-3-6-21/h1-3,5-6,8-9,12-13,18-19H,4,7,10-11,14-16,24H2,(H,25,28)(H,26,27). The van der Waals surface area contributed by atoms with Gasteiger partial charge in [-0.3, -0.25) is 9.59 Å². The van der Waals surface area contributed by atoms with Gasteiger partial charge in [-0.2, -0.15) is 0 Å². The Morgan fingerprint density at radius 1 is 1.03 bits per heavy atom. The zero-order valence-corrected chi connectivity index (χ0v) is 16.6. The van der Waals surface area contributed by atoms with Gasteiger partial charge in [-0.05, 0) is 55.5 Å². The van der Waals surface area contributed by atoms with Gasteiger partial charge in [-0.15, -0.1) is 0 Å². The molecule has 2 unspecified atom stereocenters. The molecule has 4 N–H and O–H groups in total. The zero-order valence-electron chi connectivity index (χ0n) is 16.6. The van der Waals surface area contributed by atoms with Crippen LogP contribution in [0.2, 0.25) is 0 Å². The van der Waals surface area contributed by atoms with Crippen molar-refractivity contribution in [3.8, 4) is 5.75 Å². The zero-order chi connectivity index (χ0) is 20.5. The van der Waals surface area contributed by atoms with Gasteiger partial charge in [0.15, 0.2) is 0 Å². The molecule has 2 aromatic carbocycles. The van der Waals surface area contributed by atoms with Gasteiger partial charge in [-0.1, -0.05) is 30.3 Å². The molecule has 6 nitrogen and oxygen atoms in total. The fourth-order valence-electron chi connectivity index (χ4n) is 3.46. The molecule has 6 heteroatoms. The molecule has 2 aromatic rings. The number of nitrogens with two attached hydrogens (primary N) is 1. The van der Waals surface area contributed by atoms with Crippen LogP contribution in [0.3, 0.4) is 0 Å². The van der Waals surface area contributed by atoms with Gasteiger partial charge < -0.3 is 21.1 Å². The predicted octanol–water partition coefficient (Wildman–Crippen LogP) is 3.23. The minimum absolute atomic E-state index is 0.0365. The van der Waals surface area contributed by atoms with E-state index >= 15 is 0 Å². The normalized spacial score (nSPS) is 18.2. The maximum Gasteiger partial charge on any atom is 0.224 e. The van der Waals surface area contributed by atoms with Crippen molar-refractivity contribution in [2.24, 2.45) is 11.7 Å². The molecular weight excluding hydrogens is 366 g/mol. The van der Waals surface area contributed by atoms with E-state index in [-0.39, 0.29) is 23.8 Å². The van der Waals surface area contributed by atoms with Crippen LogP contribution >= 0.6 is 0 Å². The highest BCUT2D eigenvalue weighted by Gasteiger charge is 2.27. The average molecular weight is 396 g/mol. The van der Waals surface area contributed by atoms with E-state index in [2.05, 4.69) is 10.6 Å². The predicted molar refractivity (Wildman–Crippen MR) is 113 cm³/mol. The number of hydrogen-bond acceptors (Lipinski definition) is 4. The Morgan fingerprint density at radius 2 is 1.79 bits per heavy atom. The third-order valence-corrected chi connectivity index (χ3v) is 5.11. The van der Waals surface area contributed by atoms with E-state index in [4.69, 9.17) is 10.5 Å². The number of para-hydroxylation sites is 1. The number of hydrogen-bond donors (Lipinski definition) is 3. The van der Waals surface area contributed by atoms with Crippen LogP contribution in [0.1, 0.15) is 37.7 Å². The summed E-state index contributed by atoms with van der Waals surface area (Å²) in [7, 11) is 0. The van der Waals surface area contributed by atoms with Crippen LogP contribution in [0.15, 0.2) is 54.6 Å². The van der Waals surface area contributed by atoms with Crippen LogP contribution in [-0.2, 0) is 16.1 Å². The molecule has 0 radical (unpaired) electrons. The number of carbonyl (C=O) groups is 2. The second-order valence-electron chi connectivity index (χ2n) is 7.50. The number of rotatable bonds is 9. The van der Waals surface area contributed by atoms with Crippen LogP contribution in [0.5, 0.6) is 5.75 Å². The van der Waals surface area contributed by atoms with Gasteiger partial charge in [0, 0.05) is 30.6 Å². The molecule has 3 rings (SSSR count). The monoisotopic (exact) mass is 395 g/mol. The minimum Gasteiger partial charge on any atom is -0.494 e. The van der Waals surface area contributed by atoms with Crippen molar-refractivity contribution in [3.05, 3.63) is 60.2 Å². The summed E-state index contributed by atoms with van der Waals surface area (Å²) in [6, 6.07) is 17.2. The Morgan fingerprint density at radius 3 is 2.48 bits per heavy atom. The lowest BCUT2D eigenvalue weighted by molar-refractivity contribution is -0.125. The lowest BCUT2D eigenvalue weighted by atomic mass is 10.1. The molecular formula is C23H29N3O3. The number of anilines is 1. The number of benzene rings is 2. The topological polar surface area (TPSA) is 93.5 Å². The minimum atomic E-state index is -0.0414. The smallest absolute Gasteiger partial charge is 0.224 e. The lowest BCUT2D eigenvalue weighted by Crippen LogP contribution is -2.29. The molecule has 2 amide bonds. The van der Waals surface area contributed by atoms with Crippen molar-refractivity contribution >= 4 is 17.5 Å². The lowest BCUT2D eigenvalue weighted by Gasteiger charge is -2.11. The number of nitrogens with one attached hydrogen (secondary N) is 2. The summed E-state index contributed by atoms with van der Waals surface area (Å²) in [6.07, 6.45) is 3.61. The van der Waals surface area contributed by atoms with Gasteiger partial charge in [-0.25, -0.2) is 0 Å². The Kier molecular flexibility index (Phi) is 7.64. The first-order valence-electron chi connectivity index (χ1n) is 10.2. The quantitative estimate of drug-likeness (QED) is 0.568. The second kappa shape index (κ2) is 10.6. The van der Waals surface area contributed by atoms with Crippen molar-refractivity contribution in [1.29, 1.82) is 0 Å². The molecule has 0 spiro atoms. The molecule has 1 saturated carbocycles. The van der Waals surface area contributed by atoms with Gasteiger partial charge in [0.1, 0.15) is 5.75 Å². The highest BCUT2D eigenvalue weighted by atomic mass is 16.5. The van der Waals surface area contributed by atoms with E-state index in [1.165, 1.54) is 0 Å². The highest BCUT2D eigenvalue weighted by Crippen LogP contribution is 2.24. The van der Waals surface area contributed by atoms with E-state index in [1.807, 2.05) is 54.6 Å².